The number of benzene rings is 2. The van der Waals surface area contributed by atoms with Gasteiger partial charge in [-0.05, 0) is 30.7 Å². The number of rotatable bonds is 9. The van der Waals surface area contributed by atoms with Crippen molar-refractivity contribution in [2.24, 2.45) is 0 Å². The lowest BCUT2D eigenvalue weighted by Crippen LogP contribution is -2.45. The van der Waals surface area contributed by atoms with E-state index in [9.17, 15) is 29.6 Å². The van der Waals surface area contributed by atoms with Gasteiger partial charge in [-0.3, -0.25) is 19.7 Å². The highest BCUT2D eigenvalue weighted by atomic mass is 79.9. The van der Waals surface area contributed by atoms with E-state index in [1.807, 2.05) is 0 Å². The smallest absolute Gasteiger partial charge is 0.326 e. The van der Waals surface area contributed by atoms with Crippen molar-refractivity contribution in [3.8, 4) is 0 Å². The van der Waals surface area contributed by atoms with Gasteiger partial charge in [-0.15, -0.1) is 0 Å². The number of nitro groups is 1. The third-order valence-electron chi connectivity index (χ3n) is 4.27. The largest absolute Gasteiger partial charge is 0.480 e. The molecule has 0 fully saturated rings. The number of nitrogens with one attached hydrogen (secondary N) is 1. The Morgan fingerprint density at radius 3 is 2.40 bits per heavy atom. The van der Waals surface area contributed by atoms with Crippen LogP contribution in [0.4, 0.5) is 5.69 Å². The average molecular weight is 479 g/mol. The standard InChI is InChI=1S/C20H19BrN2O7/c1-2-30-17(24)11-16(12-6-8-15(9-7-12)23(28)29)18(20(26)27)22-19(25)13-4-3-5-14(21)10-13/h3-10,16,18H,2,11H2,1H3,(H,22,25)(H,26,27)/t16-,18+/m1/s1. The maximum atomic E-state index is 12.6. The lowest BCUT2D eigenvalue weighted by Gasteiger charge is -2.25. The number of aliphatic carboxylic acids is 1. The number of non-ortho nitro benzene ring substituents is 1. The normalized spacial score (nSPS) is 12.5. The Kier molecular flexibility index (Phi) is 8.05. The van der Waals surface area contributed by atoms with Crippen LogP contribution in [0, 0.1) is 10.1 Å². The third-order valence-corrected chi connectivity index (χ3v) is 4.76. The summed E-state index contributed by atoms with van der Waals surface area (Å²) in [7, 11) is 0. The first kappa shape index (κ1) is 23.0. The van der Waals surface area contributed by atoms with Crippen LogP contribution in [0.25, 0.3) is 0 Å². The zero-order valence-electron chi connectivity index (χ0n) is 15.9. The number of carbonyl (C=O) groups excluding carboxylic acids is 2. The molecule has 0 aliphatic rings. The molecule has 0 aliphatic heterocycles. The summed E-state index contributed by atoms with van der Waals surface area (Å²) in [5.41, 5.74) is 0.392. The second kappa shape index (κ2) is 10.5. The first-order valence-corrected chi connectivity index (χ1v) is 9.71. The Labute approximate surface area is 180 Å². The molecule has 0 heterocycles. The van der Waals surface area contributed by atoms with Crippen LogP contribution in [0.2, 0.25) is 0 Å². The second-order valence-corrected chi connectivity index (χ2v) is 7.18. The Hall–Kier alpha value is -3.27. The first-order chi connectivity index (χ1) is 14.2. The predicted molar refractivity (Wildman–Crippen MR) is 110 cm³/mol. The van der Waals surface area contributed by atoms with Crippen LogP contribution in [-0.2, 0) is 14.3 Å². The van der Waals surface area contributed by atoms with Gasteiger partial charge in [0.2, 0.25) is 0 Å². The molecule has 158 valence electrons. The Morgan fingerprint density at radius 2 is 1.87 bits per heavy atom. The molecule has 2 rings (SSSR count). The summed E-state index contributed by atoms with van der Waals surface area (Å²) in [5, 5.41) is 23.1. The molecule has 30 heavy (non-hydrogen) atoms. The fourth-order valence-electron chi connectivity index (χ4n) is 2.86. The minimum Gasteiger partial charge on any atom is -0.480 e. The minimum atomic E-state index is -1.47. The number of hydrogen-bond acceptors (Lipinski definition) is 6. The summed E-state index contributed by atoms with van der Waals surface area (Å²) in [6.07, 6.45) is -0.332. The fourth-order valence-corrected chi connectivity index (χ4v) is 3.26. The summed E-state index contributed by atoms with van der Waals surface area (Å²) in [6, 6.07) is 10.1. The molecule has 0 saturated heterocycles. The molecule has 2 aromatic rings. The molecule has 10 heteroatoms. The van der Waals surface area contributed by atoms with Crippen molar-refractivity contribution < 1.29 is 29.2 Å². The SMILES string of the molecule is CCOC(=O)C[C@H](c1ccc([N+](=O)[O-])cc1)[C@H](NC(=O)c1cccc(Br)c1)C(=O)O. The lowest BCUT2D eigenvalue weighted by molar-refractivity contribution is -0.384. The molecular weight excluding hydrogens is 460 g/mol. The predicted octanol–water partition coefficient (Wildman–Crippen LogP) is 3.28. The number of esters is 1. The van der Waals surface area contributed by atoms with Gasteiger partial charge in [-0.1, -0.05) is 34.1 Å². The van der Waals surface area contributed by atoms with E-state index in [1.54, 1.807) is 19.1 Å². The zero-order valence-corrected chi connectivity index (χ0v) is 17.5. The van der Waals surface area contributed by atoms with Crippen LogP contribution in [-0.4, -0.2) is 40.5 Å². The minimum absolute atomic E-state index is 0.105. The van der Waals surface area contributed by atoms with Gasteiger partial charge in [0, 0.05) is 28.1 Å². The Bertz CT molecular complexity index is 946. The van der Waals surface area contributed by atoms with Gasteiger partial charge in [0.05, 0.1) is 18.0 Å². The van der Waals surface area contributed by atoms with Gasteiger partial charge < -0.3 is 15.2 Å². The van der Waals surface area contributed by atoms with Gasteiger partial charge in [0.15, 0.2) is 0 Å². The first-order valence-electron chi connectivity index (χ1n) is 8.92. The third kappa shape index (κ3) is 6.11. The van der Waals surface area contributed by atoms with Gasteiger partial charge in [-0.25, -0.2) is 4.79 Å². The Balaban J connectivity index is 2.38. The highest BCUT2D eigenvalue weighted by molar-refractivity contribution is 9.10. The van der Waals surface area contributed by atoms with Crippen molar-refractivity contribution >= 4 is 39.5 Å². The highest BCUT2D eigenvalue weighted by Gasteiger charge is 2.33. The molecule has 0 aliphatic carbocycles. The highest BCUT2D eigenvalue weighted by Crippen LogP contribution is 2.27. The van der Waals surface area contributed by atoms with Crippen LogP contribution in [0.1, 0.15) is 35.2 Å². The van der Waals surface area contributed by atoms with E-state index in [0.29, 0.717) is 10.0 Å². The molecule has 0 spiro atoms. The number of amides is 1. The van der Waals surface area contributed by atoms with Crippen LogP contribution in [0.5, 0.6) is 0 Å². The van der Waals surface area contributed by atoms with Crippen molar-refractivity contribution in [1.29, 1.82) is 0 Å². The number of halogens is 1. The number of nitro benzene ring substituents is 1. The molecular formula is C20H19BrN2O7. The second-order valence-electron chi connectivity index (χ2n) is 6.26. The van der Waals surface area contributed by atoms with Crippen LogP contribution in [0.15, 0.2) is 53.0 Å². The number of hydrogen-bond donors (Lipinski definition) is 2. The van der Waals surface area contributed by atoms with Gasteiger partial charge in [-0.2, -0.15) is 0 Å². The van der Waals surface area contributed by atoms with E-state index < -0.39 is 34.7 Å². The number of carboxylic acid groups (broad SMARTS) is 1. The molecule has 2 aromatic carbocycles. The maximum Gasteiger partial charge on any atom is 0.326 e. The molecule has 0 radical (unpaired) electrons. The number of carboxylic acids is 1. The number of carbonyl (C=O) groups is 3. The molecule has 1 amide bonds. The average Bonchev–Trinajstić information content (AvgIpc) is 2.70. The molecule has 0 unspecified atom stereocenters. The van der Waals surface area contributed by atoms with Crippen LogP contribution >= 0.6 is 15.9 Å². The summed E-state index contributed by atoms with van der Waals surface area (Å²) in [5.74, 6) is -3.65. The van der Waals surface area contributed by atoms with E-state index in [0.717, 1.165) is 0 Å². The molecule has 0 bridgehead atoms. The van der Waals surface area contributed by atoms with E-state index in [1.165, 1.54) is 36.4 Å². The van der Waals surface area contributed by atoms with Gasteiger partial charge >= 0.3 is 11.9 Å². The van der Waals surface area contributed by atoms with Crippen molar-refractivity contribution in [2.45, 2.75) is 25.3 Å². The maximum absolute atomic E-state index is 12.6. The fraction of sp³-hybridized carbons (Fsp3) is 0.250. The van der Waals surface area contributed by atoms with Gasteiger partial charge in [0.25, 0.3) is 11.6 Å². The number of ether oxygens (including phenoxy) is 1. The van der Waals surface area contributed by atoms with Crippen LogP contribution in [0.3, 0.4) is 0 Å². The quantitative estimate of drug-likeness (QED) is 0.320. The summed E-state index contributed by atoms with van der Waals surface area (Å²) in [6.45, 7) is 1.72. The summed E-state index contributed by atoms with van der Waals surface area (Å²) < 4.78 is 5.57. The van der Waals surface area contributed by atoms with Crippen molar-refractivity contribution in [2.75, 3.05) is 6.61 Å². The summed E-state index contributed by atoms with van der Waals surface area (Å²) >= 11 is 3.25. The topological polar surface area (TPSA) is 136 Å². The van der Waals surface area contributed by atoms with Gasteiger partial charge in [0.1, 0.15) is 6.04 Å². The molecule has 9 nitrogen and oxygen atoms in total. The molecule has 2 N–H and O–H groups in total. The van der Waals surface area contributed by atoms with E-state index >= 15 is 0 Å². The van der Waals surface area contributed by atoms with Crippen LogP contribution < -0.4 is 5.32 Å². The Morgan fingerprint density at radius 1 is 1.20 bits per heavy atom. The van der Waals surface area contributed by atoms with Crippen molar-refractivity contribution in [3.63, 3.8) is 0 Å². The van der Waals surface area contributed by atoms with E-state index in [2.05, 4.69) is 21.2 Å². The van der Waals surface area contributed by atoms with Crippen molar-refractivity contribution in [1.82, 2.24) is 5.32 Å². The summed E-state index contributed by atoms with van der Waals surface area (Å²) in [4.78, 5) is 47.0. The lowest BCUT2D eigenvalue weighted by atomic mass is 9.88. The monoisotopic (exact) mass is 478 g/mol. The van der Waals surface area contributed by atoms with E-state index in [-0.39, 0.29) is 24.3 Å². The molecule has 2 atom stereocenters. The number of nitrogens with zero attached hydrogens (tertiary/aromatic N) is 1. The zero-order chi connectivity index (χ0) is 22.3. The molecule has 0 aromatic heterocycles. The van der Waals surface area contributed by atoms with Crippen molar-refractivity contribution in [3.05, 3.63) is 74.2 Å². The molecule has 0 saturated carbocycles. The van der Waals surface area contributed by atoms with E-state index in [4.69, 9.17) is 4.74 Å².